The predicted octanol–water partition coefficient (Wildman–Crippen LogP) is 2.90. The van der Waals surface area contributed by atoms with Crippen molar-refractivity contribution >= 4 is 11.7 Å². The number of hydrogen-bond acceptors (Lipinski definition) is 2. The number of benzene rings is 2. The summed E-state index contributed by atoms with van der Waals surface area (Å²) in [5, 5.41) is 2.88. The topological polar surface area (TPSA) is 35.6 Å². The number of nitrogens with one attached hydrogen (secondary N) is 1. The molecule has 4 nitrogen and oxygen atoms in total. The average molecular weight is 327 g/mol. The van der Waals surface area contributed by atoms with E-state index >= 15 is 0 Å². The molecule has 0 spiro atoms. The van der Waals surface area contributed by atoms with E-state index in [1.54, 1.807) is 12.1 Å². The van der Waals surface area contributed by atoms with Crippen molar-refractivity contribution in [2.24, 2.45) is 0 Å². The molecule has 0 aliphatic carbocycles. The van der Waals surface area contributed by atoms with E-state index in [1.807, 2.05) is 29.2 Å². The van der Waals surface area contributed by atoms with Crippen LogP contribution in [0.4, 0.5) is 14.9 Å². The Morgan fingerprint density at radius 3 is 2.33 bits per heavy atom. The number of para-hydroxylation sites is 1. The number of carbonyl (C=O) groups is 1. The average Bonchev–Trinajstić information content (AvgIpc) is 2.64. The number of anilines is 1. The first kappa shape index (κ1) is 16.3. The number of piperazine rings is 1. The Morgan fingerprint density at radius 2 is 1.62 bits per heavy atom. The number of rotatable bonds is 4. The quantitative estimate of drug-likeness (QED) is 0.937. The van der Waals surface area contributed by atoms with E-state index in [0.29, 0.717) is 31.6 Å². The molecule has 24 heavy (non-hydrogen) atoms. The molecule has 1 aliphatic rings. The molecule has 0 aromatic heterocycles. The molecule has 0 atom stereocenters. The molecular weight excluding hydrogens is 305 g/mol. The van der Waals surface area contributed by atoms with Crippen molar-refractivity contribution in [2.45, 2.75) is 6.42 Å². The van der Waals surface area contributed by atoms with Crippen LogP contribution in [0.2, 0.25) is 0 Å². The minimum Gasteiger partial charge on any atom is -0.368 e. The van der Waals surface area contributed by atoms with Gasteiger partial charge in [-0.1, -0.05) is 36.4 Å². The van der Waals surface area contributed by atoms with Gasteiger partial charge in [0, 0.05) is 38.4 Å². The number of hydrogen-bond donors (Lipinski definition) is 1. The molecule has 0 unspecified atom stereocenters. The van der Waals surface area contributed by atoms with Gasteiger partial charge in [-0.3, -0.25) is 0 Å². The van der Waals surface area contributed by atoms with E-state index in [4.69, 9.17) is 0 Å². The summed E-state index contributed by atoms with van der Waals surface area (Å²) < 4.78 is 13.5. The van der Waals surface area contributed by atoms with Crippen LogP contribution in [0.5, 0.6) is 0 Å². The third-order valence-electron chi connectivity index (χ3n) is 4.32. The van der Waals surface area contributed by atoms with Gasteiger partial charge in [-0.25, -0.2) is 9.18 Å². The molecule has 1 heterocycles. The predicted molar refractivity (Wildman–Crippen MR) is 93.7 cm³/mol. The number of carbonyl (C=O) groups excluding carboxylic acids is 1. The fourth-order valence-corrected chi connectivity index (χ4v) is 2.92. The van der Waals surface area contributed by atoms with Crippen molar-refractivity contribution in [2.75, 3.05) is 37.6 Å². The van der Waals surface area contributed by atoms with Gasteiger partial charge < -0.3 is 15.1 Å². The van der Waals surface area contributed by atoms with Crippen LogP contribution in [-0.4, -0.2) is 43.7 Å². The van der Waals surface area contributed by atoms with Crippen LogP contribution >= 0.6 is 0 Å². The Bertz CT molecular complexity index is 669. The van der Waals surface area contributed by atoms with Crippen LogP contribution in [0, 0.1) is 5.82 Å². The summed E-state index contributed by atoms with van der Waals surface area (Å²) in [6, 6.07) is 16.8. The lowest BCUT2D eigenvalue weighted by molar-refractivity contribution is 0.194. The Labute approximate surface area is 141 Å². The summed E-state index contributed by atoms with van der Waals surface area (Å²) in [6.07, 6.45) is 0.502. The second-order valence-corrected chi connectivity index (χ2v) is 5.88. The highest BCUT2D eigenvalue weighted by Gasteiger charge is 2.20. The highest BCUT2D eigenvalue weighted by atomic mass is 19.1. The monoisotopic (exact) mass is 327 g/mol. The lowest BCUT2D eigenvalue weighted by atomic mass is 10.1. The van der Waals surface area contributed by atoms with Crippen molar-refractivity contribution < 1.29 is 9.18 Å². The largest absolute Gasteiger partial charge is 0.368 e. The van der Waals surface area contributed by atoms with Crippen LogP contribution in [0.25, 0.3) is 0 Å². The molecule has 5 heteroatoms. The van der Waals surface area contributed by atoms with Crippen LogP contribution in [0.15, 0.2) is 54.6 Å². The second kappa shape index (κ2) is 7.81. The summed E-state index contributed by atoms with van der Waals surface area (Å²) in [6.45, 7) is 3.48. The van der Waals surface area contributed by atoms with Gasteiger partial charge >= 0.3 is 6.03 Å². The van der Waals surface area contributed by atoms with E-state index in [2.05, 4.69) is 22.3 Å². The molecule has 2 amide bonds. The van der Waals surface area contributed by atoms with Gasteiger partial charge in [0.1, 0.15) is 5.82 Å². The lowest BCUT2D eigenvalue weighted by Gasteiger charge is -2.36. The molecule has 1 fully saturated rings. The summed E-state index contributed by atoms with van der Waals surface area (Å²) in [4.78, 5) is 16.3. The van der Waals surface area contributed by atoms with Gasteiger partial charge in [0.25, 0.3) is 0 Å². The van der Waals surface area contributed by atoms with Crippen molar-refractivity contribution in [3.8, 4) is 0 Å². The first-order valence-electron chi connectivity index (χ1n) is 8.30. The van der Waals surface area contributed by atoms with Gasteiger partial charge in [0.15, 0.2) is 0 Å². The van der Waals surface area contributed by atoms with Gasteiger partial charge in [-0.15, -0.1) is 0 Å². The second-order valence-electron chi connectivity index (χ2n) is 5.88. The molecule has 1 saturated heterocycles. The van der Waals surface area contributed by atoms with Crippen LogP contribution in [0.3, 0.4) is 0 Å². The van der Waals surface area contributed by atoms with Gasteiger partial charge in [0.2, 0.25) is 0 Å². The highest BCUT2D eigenvalue weighted by Crippen LogP contribution is 2.15. The number of halogens is 1. The van der Waals surface area contributed by atoms with E-state index < -0.39 is 0 Å². The first-order valence-corrected chi connectivity index (χ1v) is 8.30. The third kappa shape index (κ3) is 4.04. The van der Waals surface area contributed by atoms with Gasteiger partial charge in [0.05, 0.1) is 0 Å². The van der Waals surface area contributed by atoms with E-state index in [-0.39, 0.29) is 11.8 Å². The highest BCUT2D eigenvalue weighted by molar-refractivity contribution is 5.74. The minimum atomic E-state index is -0.219. The Hall–Kier alpha value is -2.56. The number of nitrogens with zero attached hydrogens (tertiary/aromatic N) is 2. The van der Waals surface area contributed by atoms with Crippen molar-refractivity contribution in [3.05, 3.63) is 66.0 Å². The van der Waals surface area contributed by atoms with Gasteiger partial charge in [-0.2, -0.15) is 0 Å². The smallest absolute Gasteiger partial charge is 0.317 e. The molecular formula is C19H22FN3O. The van der Waals surface area contributed by atoms with Crippen molar-refractivity contribution in [1.29, 1.82) is 0 Å². The summed E-state index contributed by atoms with van der Waals surface area (Å²) >= 11 is 0. The maximum absolute atomic E-state index is 13.5. The third-order valence-corrected chi connectivity index (χ3v) is 4.32. The molecule has 0 bridgehead atoms. The van der Waals surface area contributed by atoms with E-state index in [9.17, 15) is 9.18 Å². The molecule has 3 rings (SSSR count). The fraction of sp³-hybridized carbons (Fsp3) is 0.316. The van der Waals surface area contributed by atoms with E-state index in [0.717, 1.165) is 13.1 Å². The Morgan fingerprint density at radius 1 is 0.958 bits per heavy atom. The number of amides is 2. The Kier molecular flexibility index (Phi) is 5.31. The molecule has 0 saturated carbocycles. The summed E-state index contributed by atoms with van der Waals surface area (Å²) in [5.74, 6) is -0.219. The molecule has 1 aliphatic heterocycles. The molecule has 2 aromatic carbocycles. The van der Waals surface area contributed by atoms with Crippen molar-refractivity contribution in [1.82, 2.24) is 10.2 Å². The zero-order valence-electron chi connectivity index (χ0n) is 13.6. The SMILES string of the molecule is O=C(NCCc1ccccc1F)N1CCN(c2ccccc2)CC1. The molecule has 1 N–H and O–H groups in total. The maximum Gasteiger partial charge on any atom is 0.317 e. The van der Waals surface area contributed by atoms with E-state index in [1.165, 1.54) is 11.8 Å². The van der Waals surface area contributed by atoms with Crippen LogP contribution < -0.4 is 10.2 Å². The summed E-state index contributed by atoms with van der Waals surface area (Å²) in [7, 11) is 0. The lowest BCUT2D eigenvalue weighted by Crippen LogP contribution is -2.52. The zero-order chi connectivity index (χ0) is 16.8. The van der Waals surface area contributed by atoms with Crippen LogP contribution in [0.1, 0.15) is 5.56 Å². The Balaban J connectivity index is 1.43. The molecule has 2 aromatic rings. The van der Waals surface area contributed by atoms with Gasteiger partial charge in [-0.05, 0) is 30.2 Å². The first-order chi connectivity index (χ1) is 11.7. The zero-order valence-corrected chi connectivity index (χ0v) is 13.6. The maximum atomic E-state index is 13.5. The molecule has 126 valence electrons. The van der Waals surface area contributed by atoms with Crippen LogP contribution in [-0.2, 0) is 6.42 Å². The fourth-order valence-electron chi connectivity index (χ4n) is 2.92. The van der Waals surface area contributed by atoms with Crippen molar-refractivity contribution in [3.63, 3.8) is 0 Å². The molecule has 0 radical (unpaired) electrons. The normalized spacial score (nSPS) is 14.5. The minimum absolute atomic E-state index is 0.0703. The number of urea groups is 1. The standard InChI is InChI=1S/C19H22FN3O/c20-18-9-5-4-6-16(18)10-11-21-19(24)23-14-12-22(13-15-23)17-7-2-1-3-8-17/h1-9H,10-15H2,(H,21,24). The summed E-state index contributed by atoms with van der Waals surface area (Å²) in [5.41, 5.74) is 1.82.